The third kappa shape index (κ3) is 3.87. The molecule has 1 aromatic rings. The number of benzene rings is 1. The van der Waals surface area contributed by atoms with Gasteiger partial charge in [-0.3, -0.25) is 0 Å². The Morgan fingerprint density at radius 2 is 1.67 bits per heavy atom. The van der Waals surface area contributed by atoms with Gasteiger partial charge in [-0.1, -0.05) is 0 Å². The molecule has 0 bridgehead atoms. The molecule has 0 aliphatic rings. The van der Waals surface area contributed by atoms with Gasteiger partial charge in [0.2, 0.25) is 0 Å². The minimum absolute atomic E-state index is 0.0717. The summed E-state index contributed by atoms with van der Waals surface area (Å²) in [5.41, 5.74) is 0. The zero-order chi connectivity index (χ0) is 13.6. The van der Waals surface area contributed by atoms with E-state index in [9.17, 15) is 13.3 Å². The van der Waals surface area contributed by atoms with Gasteiger partial charge < -0.3 is 0 Å². The van der Waals surface area contributed by atoms with Crippen molar-refractivity contribution in [3.8, 4) is 0 Å². The summed E-state index contributed by atoms with van der Waals surface area (Å²) in [6.45, 7) is 2.88. The molecule has 0 spiro atoms. The van der Waals surface area contributed by atoms with Crippen LogP contribution in [0.15, 0.2) is 30.3 Å². The third-order valence-corrected chi connectivity index (χ3v) is 7.20. The van der Waals surface area contributed by atoms with Gasteiger partial charge >= 0.3 is 111 Å². The summed E-state index contributed by atoms with van der Waals surface area (Å²) in [4.78, 5) is 0. The number of hydrogen-bond acceptors (Lipinski definition) is 3. The third-order valence-electron chi connectivity index (χ3n) is 1.90. The molecule has 0 unspecified atom stereocenters. The first-order chi connectivity index (χ1) is 8.45. The van der Waals surface area contributed by atoms with Crippen LogP contribution in [0.25, 0.3) is 0 Å². The summed E-state index contributed by atoms with van der Waals surface area (Å²) in [7, 11) is -4.39. The summed E-state index contributed by atoms with van der Waals surface area (Å²) < 4.78 is 46.6. The van der Waals surface area contributed by atoms with Gasteiger partial charge in [0.05, 0.1) is 0 Å². The van der Waals surface area contributed by atoms with Crippen molar-refractivity contribution in [3.05, 3.63) is 30.3 Å². The van der Waals surface area contributed by atoms with E-state index in [1.165, 1.54) is 13.8 Å². The quantitative estimate of drug-likeness (QED) is 0.564. The molecule has 18 heavy (non-hydrogen) atoms. The molecule has 0 N–H and O–H groups in total. The molecule has 0 radical (unpaired) electrons. The number of rotatable bonds is 7. The Balaban J connectivity index is 2.91. The van der Waals surface area contributed by atoms with Crippen molar-refractivity contribution in [2.45, 2.75) is 18.4 Å². The summed E-state index contributed by atoms with van der Waals surface area (Å²) >= 11 is -1.30. The molecular weight excluding hydrogens is 328 g/mol. The monoisotopic (exact) mass is 344 g/mol. The first kappa shape index (κ1) is 15.8. The fourth-order valence-electron chi connectivity index (χ4n) is 1.21. The van der Waals surface area contributed by atoms with Crippen molar-refractivity contribution < 1.29 is 22.4 Å². The molecule has 0 amide bonds. The van der Waals surface area contributed by atoms with Crippen LogP contribution in [0.3, 0.4) is 0 Å². The second kappa shape index (κ2) is 6.78. The van der Waals surface area contributed by atoms with E-state index in [0.29, 0.717) is 4.46 Å². The van der Waals surface area contributed by atoms with Crippen LogP contribution in [-0.4, -0.2) is 32.7 Å². The van der Waals surface area contributed by atoms with Crippen LogP contribution >= 0.6 is 7.60 Å². The van der Waals surface area contributed by atoms with Crippen LogP contribution in [0.1, 0.15) is 13.8 Å². The van der Waals surface area contributed by atoms with Crippen LogP contribution in [0.5, 0.6) is 0 Å². The number of halogens is 2. The van der Waals surface area contributed by atoms with Crippen LogP contribution in [-0.2, 0) is 13.6 Å². The zero-order valence-corrected chi connectivity index (χ0v) is 12.7. The van der Waals surface area contributed by atoms with Crippen LogP contribution in [0.2, 0.25) is 0 Å². The molecule has 0 aliphatic carbocycles. The molecule has 1 aromatic carbocycles. The van der Waals surface area contributed by atoms with Gasteiger partial charge in [0.1, 0.15) is 0 Å². The Bertz CT molecular complexity index is 404. The molecule has 0 saturated heterocycles. The van der Waals surface area contributed by atoms with Gasteiger partial charge in [-0.15, -0.1) is 0 Å². The van der Waals surface area contributed by atoms with Gasteiger partial charge in [0.15, 0.2) is 0 Å². The van der Waals surface area contributed by atoms with Crippen LogP contribution in [0, 0.1) is 0 Å². The molecule has 3 nitrogen and oxygen atoms in total. The van der Waals surface area contributed by atoms with Gasteiger partial charge in [-0.25, -0.2) is 0 Å². The fraction of sp³-hybridized carbons (Fsp3) is 0.455. The van der Waals surface area contributed by atoms with Crippen molar-refractivity contribution in [3.63, 3.8) is 0 Å². The zero-order valence-electron chi connectivity index (χ0n) is 10.1. The van der Waals surface area contributed by atoms with Crippen molar-refractivity contribution in [1.29, 1.82) is 0 Å². The Labute approximate surface area is 112 Å². The first-order valence-electron chi connectivity index (χ1n) is 5.46. The minimum atomic E-state index is -4.39. The molecule has 0 aliphatic heterocycles. The summed E-state index contributed by atoms with van der Waals surface area (Å²) in [5, 5.41) is 0. The molecule has 0 heterocycles. The summed E-state index contributed by atoms with van der Waals surface area (Å²) in [6.07, 6.45) is 0. The predicted octanol–water partition coefficient (Wildman–Crippen LogP) is 2.83. The van der Waals surface area contributed by atoms with Gasteiger partial charge in [0.25, 0.3) is 0 Å². The second-order valence-electron chi connectivity index (χ2n) is 3.23. The van der Waals surface area contributed by atoms with Crippen LogP contribution in [0.4, 0.5) is 8.78 Å². The molecule has 1 rings (SSSR count). The summed E-state index contributed by atoms with van der Waals surface area (Å²) in [6, 6.07) is 8.23. The van der Waals surface area contributed by atoms with E-state index < -0.39 is 27.1 Å². The van der Waals surface area contributed by atoms with E-state index in [-0.39, 0.29) is 13.2 Å². The van der Waals surface area contributed by atoms with E-state index >= 15 is 0 Å². The van der Waals surface area contributed by atoms with Crippen molar-refractivity contribution >= 4 is 27.0 Å². The molecular formula is C11H15F2O3PSe. The van der Waals surface area contributed by atoms with E-state index in [0.717, 1.165) is 0 Å². The SMILES string of the molecule is CCOP(=O)(OCC)C(F)(F)[Se]c1ccccc1. The Hall–Kier alpha value is -0.251. The van der Waals surface area contributed by atoms with Gasteiger partial charge in [-0.2, -0.15) is 0 Å². The Kier molecular flexibility index (Phi) is 5.96. The molecule has 0 aromatic heterocycles. The van der Waals surface area contributed by atoms with E-state index in [2.05, 4.69) is 0 Å². The average molecular weight is 343 g/mol. The van der Waals surface area contributed by atoms with Crippen molar-refractivity contribution in [2.24, 2.45) is 0 Å². The normalized spacial score (nSPS) is 12.7. The van der Waals surface area contributed by atoms with Gasteiger partial charge in [0, 0.05) is 0 Å². The van der Waals surface area contributed by atoms with E-state index in [1.807, 2.05) is 0 Å². The fourth-order valence-corrected chi connectivity index (χ4v) is 5.51. The standard InChI is InChI=1S/C11H15F2O3PSe/c1-3-15-17(14,16-4-2)11(12,13)18-10-8-6-5-7-9-10/h5-9H,3-4H2,1-2H3. The topological polar surface area (TPSA) is 35.5 Å². The Morgan fingerprint density at radius 3 is 2.11 bits per heavy atom. The molecule has 7 heteroatoms. The molecule has 0 saturated carbocycles. The van der Waals surface area contributed by atoms with Crippen LogP contribution < -0.4 is 4.46 Å². The van der Waals surface area contributed by atoms with E-state index in [4.69, 9.17) is 9.05 Å². The maximum absolute atomic E-state index is 14.0. The number of hydrogen-bond donors (Lipinski definition) is 0. The number of alkyl halides is 2. The maximum atomic E-state index is 14.0. The van der Waals surface area contributed by atoms with Gasteiger partial charge in [-0.05, 0) is 0 Å². The van der Waals surface area contributed by atoms with Crippen molar-refractivity contribution in [2.75, 3.05) is 13.2 Å². The molecule has 0 atom stereocenters. The average Bonchev–Trinajstić information content (AvgIpc) is 2.30. The summed E-state index contributed by atoms with van der Waals surface area (Å²) in [5.74, 6) is 0. The Morgan fingerprint density at radius 1 is 1.17 bits per heavy atom. The molecule has 0 fully saturated rings. The second-order valence-corrected chi connectivity index (χ2v) is 8.48. The van der Waals surface area contributed by atoms with Crippen molar-refractivity contribution in [1.82, 2.24) is 0 Å². The van der Waals surface area contributed by atoms with E-state index in [1.54, 1.807) is 30.3 Å². The predicted molar refractivity (Wildman–Crippen MR) is 67.6 cm³/mol. The first-order valence-corrected chi connectivity index (χ1v) is 8.72. The molecule has 102 valence electrons.